The van der Waals surface area contributed by atoms with Crippen LogP contribution in [0.2, 0.25) is 0 Å². The van der Waals surface area contributed by atoms with E-state index in [4.69, 9.17) is 14.7 Å². The summed E-state index contributed by atoms with van der Waals surface area (Å²) in [5.41, 5.74) is 0.489. The molecule has 1 amide bonds. The Bertz CT molecular complexity index is 534. The molecule has 1 rings (SSSR count). The topological polar surface area (TPSA) is 79.6 Å². The van der Waals surface area contributed by atoms with E-state index in [-0.39, 0.29) is 37.8 Å². The first-order valence-electron chi connectivity index (χ1n) is 7.08. The van der Waals surface area contributed by atoms with E-state index in [0.717, 1.165) is 0 Å². The third-order valence-electron chi connectivity index (χ3n) is 3.01. The zero-order valence-corrected chi connectivity index (χ0v) is 12.9. The third kappa shape index (κ3) is 5.44. The van der Waals surface area contributed by atoms with Crippen LogP contribution in [0.4, 0.5) is 0 Å². The van der Waals surface area contributed by atoms with Gasteiger partial charge in [0.25, 0.3) is 5.91 Å². The molecule has 0 unspecified atom stereocenters. The Hall–Kier alpha value is -2.55. The predicted octanol–water partition coefficient (Wildman–Crippen LogP) is 2.00. The number of benzene rings is 1. The van der Waals surface area contributed by atoms with E-state index in [1.165, 1.54) is 4.90 Å². The fourth-order valence-corrected chi connectivity index (χ4v) is 1.88. The van der Waals surface area contributed by atoms with Crippen LogP contribution in [0.15, 0.2) is 24.3 Å². The van der Waals surface area contributed by atoms with Crippen molar-refractivity contribution in [2.75, 3.05) is 26.8 Å². The molecule has 0 aliphatic rings. The van der Waals surface area contributed by atoms with Crippen LogP contribution >= 0.6 is 0 Å². The number of amides is 1. The van der Waals surface area contributed by atoms with Gasteiger partial charge in [-0.25, -0.2) is 0 Å². The van der Waals surface area contributed by atoms with Crippen LogP contribution < -0.4 is 4.74 Å². The van der Waals surface area contributed by atoms with Crippen LogP contribution in [0.3, 0.4) is 0 Å². The van der Waals surface area contributed by atoms with Crippen molar-refractivity contribution in [1.29, 1.82) is 5.26 Å². The second-order valence-corrected chi connectivity index (χ2v) is 4.48. The summed E-state index contributed by atoms with van der Waals surface area (Å²) < 4.78 is 9.91. The van der Waals surface area contributed by atoms with Crippen LogP contribution in [0.5, 0.6) is 5.75 Å². The lowest BCUT2D eigenvalue weighted by Gasteiger charge is -2.21. The standard InChI is InChI=1S/C16H20N2O4/c1-3-22-15(19)9-12-18(11-4-10-17)16(20)13-5-7-14(21-2)8-6-13/h5-8H,3-4,9,11-12H2,1-2H3. The van der Waals surface area contributed by atoms with Crippen LogP contribution in [0, 0.1) is 11.3 Å². The van der Waals surface area contributed by atoms with Gasteiger partial charge < -0.3 is 14.4 Å². The Morgan fingerprint density at radius 2 is 1.91 bits per heavy atom. The molecule has 0 N–H and O–H groups in total. The van der Waals surface area contributed by atoms with Crippen LogP contribution in [-0.2, 0) is 9.53 Å². The van der Waals surface area contributed by atoms with E-state index in [0.29, 0.717) is 17.9 Å². The molecule has 1 aromatic carbocycles. The normalized spacial score (nSPS) is 9.68. The highest BCUT2D eigenvalue weighted by Gasteiger charge is 2.17. The maximum absolute atomic E-state index is 12.4. The van der Waals surface area contributed by atoms with Gasteiger partial charge in [0.2, 0.25) is 0 Å². The lowest BCUT2D eigenvalue weighted by molar-refractivity contribution is -0.143. The minimum atomic E-state index is -0.355. The summed E-state index contributed by atoms with van der Waals surface area (Å²) in [6.07, 6.45) is 0.325. The molecule has 0 spiro atoms. The number of nitrogens with zero attached hydrogens (tertiary/aromatic N) is 2. The van der Waals surface area contributed by atoms with E-state index in [2.05, 4.69) is 0 Å². The molecule has 118 valence electrons. The zero-order chi connectivity index (χ0) is 16.4. The second kappa shape index (κ2) is 9.40. The average molecular weight is 304 g/mol. The van der Waals surface area contributed by atoms with Crippen molar-refractivity contribution in [2.45, 2.75) is 19.8 Å². The summed E-state index contributed by atoms with van der Waals surface area (Å²) in [4.78, 5) is 25.4. The number of hydrogen-bond acceptors (Lipinski definition) is 5. The maximum Gasteiger partial charge on any atom is 0.307 e. The first-order valence-corrected chi connectivity index (χ1v) is 7.08. The molecule has 0 heterocycles. The highest BCUT2D eigenvalue weighted by molar-refractivity contribution is 5.94. The lowest BCUT2D eigenvalue weighted by Crippen LogP contribution is -2.34. The van der Waals surface area contributed by atoms with Crippen molar-refractivity contribution in [3.63, 3.8) is 0 Å². The highest BCUT2D eigenvalue weighted by atomic mass is 16.5. The van der Waals surface area contributed by atoms with Crippen molar-refractivity contribution in [1.82, 2.24) is 4.90 Å². The first-order chi connectivity index (χ1) is 10.6. The molecule has 0 bridgehead atoms. The van der Waals surface area contributed by atoms with Gasteiger partial charge in [0.15, 0.2) is 0 Å². The smallest absolute Gasteiger partial charge is 0.307 e. The van der Waals surface area contributed by atoms with Crippen molar-refractivity contribution in [3.05, 3.63) is 29.8 Å². The van der Waals surface area contributed by atoms with E-state index in [9.17, 15) is 9.59 Å². The molecular weight excluding hydrogens is 284 g/mol. The van der Waals surface area contributed by atoms with Crippen LogP contribution in [0.25, 0.3) is 0 Å². The number of esters is 1. The van der Waals surface area contributed by atoms with E-state index < -0.39 is 0 Å². The van der Waals surface area contributed by atoms with Gasteiger partial charge in [-0.3, -0.25) is 9.59 Å². The van der Waals surface area contributed by atoms with Crippen molar-refractivity contribution < 1.29 is 19.1 Å². The van der Waals surface area contributed by atoms with Gasteiger partial charge >= 0.3 is 5.97 Å². The number of ether oxygens (including phenoxy) is 2. The van der Waals surface area contributed by atoms with E-state index in [1.807, 2.05) is 6.07 Å². The Kier molecular flexibility index (Phi) is 7.48. The molecule has 0 radical (unpaired) electrons. The van der Waals surface area contributed by atoms with Gasteiger partial charge in [-0.1, -0.05) is 0 Å². The molecule has 0 saturated carbocycles. The summed E-state index contributed by atoms with van der Waals surface area (Å²) in [5.74, 6) is 0.0841. The molecule has 6 nitrogen and oxygen atoms in total. The summed E-state index contributed by atoms with van der Waals surface area (Å²) in [7, 11) is 1.55. The van der Waals surface area contributed by atoms with Crippen molar-refractivity contribution in [3.8, 4) is 11.8 Å². The Morgan fingerprint density at radius 3 is 2.45 bits per heavy atom. The van der Waals surface area contributed by atoms with Gasteiger partial charge in [-0.05, 0) is 31.2 Å². The quantitative estimate of drug-likeness (QED) is 0.686. The van der Waals surface area contributed by atoms with E-state index in [1.54, 1.807) is 38.3 Å². The molecular formula is C16H20N2O4. The largest absolute Gasteiger partial charge is 0.497 e. The predicted molar refractivity (Wildman–Crippen MR) is 80.4 cm³/mol. The molecule has 6 heteroatoms. The van der Waals surface area contributed by atoms with Crippen LogP contribution in [-0.4, -0.2) is 43.6 Å². The molecule has 0 fully saturated rings. The van der Waals surface area contributed by atoms with E-state index >= 15 is 0 Å². The van der Waals surface area contributed by atoms with Gasteiger partial charge in [-0.15, -0.1) is 0 Å². The number of hydrogen-bond donors (Lipinski definition) is 0. The molecule has 0 saturated heterocycles. The monoisotopic (exact) mass is 304 g/mol. The average Bonchev–Trinajstić information content (AvgIpc) is 2.54. The first kappa shape index (κ1) is 17.5. The zero-order valence-electron chi connectivity index (χ0n) is 12.9. The number of nitriles is 1. The molecule has 22 heavy (non-hydrogen) atoms. The Morgan fingerprint density at radius 1 is 1.23 bits per heavy atom. The molecule has 1 aromatic rings. The SMILES string of the molecule is CCOC(=O)CCN(CCC#N)C(=O)c1ccc(OC)cc1. The number of rotatable bonds is 8. The summed E-state index contributed by atoms with van der Waals surface area (Å²) in [5, 5.41) is 8.70. The van der Waals surface area contributed by atoms with Crippen molar-refractivity contribution in [2.24, 2.45) is 0 Å². The fourth-order valence-electron chi connectivity index (χ4n) is 1.88. The van der Waals surface area contributed by atoms with Crippen LogP contribution in [0.1, 0.15) is 30.1 Å². The molecule has 0 aromatic heterocycles. The van der Waals surface area contributed by atoms with Crippen molar-refractivity contribution >= 4 is 11.9 Å². The van der Waals surface area contributed by atoms with Gasteiger partial charge in [0.1, 0.15) is 5.75 Å². The summed E-state index contributed by atoms with van der Waals surface area (Å²) in [6.45, 7) is 2.55. The second-order valence-electron chi connectivity index (χ2n) is 4.48. The Labute approximate surface area is 130 Å². The number of carbonyl (C=O) groups is 2. The minimum absolute atomic E-state index is 0.112. The van der Waals surface area contributed by atoms with Gasteiger partial charge in [0, 0.05) is 18.7 Å². The number of carbonyl (C=O) groups excluding carboxylic acids is 2. The summed E-state index contributed by atoms with van der Waals surface area (Å²) in [6, 6.07) is 8.71. The minimum Gasteiger partial charge on any atom is -0.497 e. The lowest BCUT2D eigenvalue weighted by atomic mass is 10.1. The molecule has 0 aliphatic heterocycles. The number of methoxy groups -OCH3 is 1. The summed E-state index contributed by atoms with van der Waals surface area (Å²) >= 11 is 0. The fraction of sp³-hybridized carbons (Fsp3) is 0.438. The van der Waals surface area contributed by atoms with Gasteiger partial charge in [-0.2, -0.15) is 5.26 Å². The maximum atomic E-state index is 12.4. The molecule has 0 aliphatic carbocycles. The highest BCUT2D eigenvalue weighted by Crippen LogP contribution is 2.13. The van der Waals surface area contributed by atoms with Gasteiger partial charge in [0.05, 0.1) is 32.6 Å². The Balaban J connectivity index is 2.74. The molecule has 0 atom stereocenters. The third-order valence-corrected chi connectivity index (χ3v) is 3.01.